The van der Waals surface area contributed by atoms with Crippen LogP contribution in [0.2, 0.25) is 5.02 Å². The summed E-state index contributed by atoms with van der Waals surface area (Å²) < 4.78 is 44.9. The Morgan fingerprint density at radius 2 is 2.24 bits per heavy atom. The summed E-state index contributed by atoms with van der Waals surface area (Å²) in [6, 6.07) is 2.38. The zero-order valence-corrected chi connectivity index (χ0v) is 12.4. The molecular formula is C12H13ClFNO5S. The molecule has 9 heteroatoms. The molecule has 0 bridgehead atoms. The van der Waals surface area contributed by atoms with E-state index in [9.17, 15) is 17.6 Å². The molecule has 1 aromatic rings. The van der Waals surface area contributed by atoms with E-state index in [1.54, 1.807) is 0 Å². The van der Waals surface area contributed by atoms with E-state index in [0.717, 1.165) is 16.4 Å². The second kappa shape index (κ2) is 6.27. The SMILES string of the molecule is O=C(O)CC1COCCN1S(=O)(=O)c1ccc(Cl)cc1F. The van der Waals surface area contributed by atoms with Crippen LogP contribution in [0, 0.1) is 5.82 Å². The van der Waals surface area contributed by atoms with Crippen molar-refractivity contribution in [1.82, 2.24) is 4.31 Å². The van der Waals surface area contributed by atoms with E-state index in [1.807, 2.05) is 0 Å². The first-order valence-corrected chi connectivity index (χ1v) is 7.90. The van der Waals surface area contributed by atoms with Crippen molar-refractivity contribution in [2.45, 2.75) is 17.4 Å². The Bertz CT molecular complexity index is 651. The van der Waals surface area contributed by atoms with Crippen LogP contribution >= 0.6 is 11.6 Å². The van der Waals surface area contributed by atoms with Crippen LogP contribution in [-0.2, 0) is 19.6 Å². The molecule has 1 aliphatic rings. The predicted molar refractivity (Wildman–Crippen MR) is 72.2 cm³/mol. The predicted octanol–water partition coefficient (Wildman–Crippen LogP) is 1.34. The largest absolute Gasteiger partial charge is 0.481 e. The van der Waals surface area contributed by atoms with Gasteiger partial charge in [0.2, 0.25) is 10.0 Å². The van der Waals surface area contributed by atoms with Crippen LogP contribution < -0.4 is 0 Å². The Labute approximate surface area is 126 Å². The van der Waals surface area contributed by atoms with Gasteiger partial charge in [-0.2, -0.15) is 4.31 Å². The van der Waals surface area contributed by atoms with Crippen molar-refractivity contribution in [3.63, 3.8) is 0 Å². The van der Waals surface area contributed by atoms with E-state index in [1.165, 1.54) is 6.07 Å². The first-order chi connectivity index (χ1) is 9.82. The number of ether oxygens (including phenoxy) is 1. The Kier molecular flexibility index (Phi) is 4.82. The monoisotopic (exact) mass is 337 g/mol. The Morgan fingerprint density at radius 1 is 1.52 bits per heavy atom. The molecule has 21 heavy (non-hydrogen) atoms. The Morgan fingerprint density at radius 3 is 2.86 bits per heavy atom. The minimum atomic E-state index is -4.15. The summed E-state index contributed by atoms with van der Waals surface area (Å²) in [4.78, 5) is 10.3. The number of aliphatic carboxylic acids is 1. The van der Waals surface area contributed by atoms with Gasteiger partial charge in [0.15, 0.2) is 0 Å². The number of rotatable bonds is 4. The lowest BCUT2D eigenvalue weighted by molar-refractivity contribution is -0.139. The van der Waals surface area contributed by atoms with E-state index < -0.39 is 39.2 Å². The second-order valence-corrected chi connectivity index (χ2v) is 6.81. The number of carboxylic acid groups (broad SMARTS) is 1. The Balaban J connectivity index is 2.38. The van der Waals surface area contributed by atoms with Crippen molar-refractivity contribution in [3.05, 3.63) is 29.0 Å². The quantitative estimate of drug-likeness (QED) is 0.896. The maximum Gasteiger partial charge on any atom is 0.305 e. The highest BCUT2D eigenvalue weighted by molar-refractivity contribution is 7.89. The number of sulfonamides is 1. The highest BCUT2D eigenvalue weighted by atomic mass is 35.5. The zero-order chi connectivity index (χ0) is 15.6. The van der Waals surface area contributed by atoms with Crippen molar-refractivity contribution in [2.75, 3.05) is 19.8 Å². The van der Waals surface area contributed by atoms with Gasteiger partial charge in [0.25, 0.3) is 0 Å². The van der Waals surface area contributed by atoms with Gasteiger partial charge in [0.05, 0.1) is 25.7 Å². The summed E-state index contributed by atoms with van der Waals surface area (Å²) >= 11 is 5.60. The van der Waals surface area contributed by atoms with Gasteiger partial charge in [-0.05, 0) is 18.2 Å². The van der Waals surface area contributed by atoms with Crippen LogP contribution in [0.5, 0.6) is 0 Å². The standard InChI is InChI=1S/C12H13ClFNO5S/c13-8-1-2-11(10(14)5-8)21(18,19)15-3-4-20-7-9(15)6-12(16)17/h1-2,5,9H,3-4,6-7H2,(H,16,17). The van der Waals surface area contributed by atoms with Gasteiger partial charge in [-0.3, -0.25) is 4.79 Å². The molecule has 0 amide bonds. The van der Waals surface area contributed by atoms with Crippen LogP contribution in [0.4, 0.5) is 4.39 Å². The average Bonchev–Trinajstić information content (AvgIpc) is 2.37. The molecule has 1 aromatic carbocycles. The van der Waals surface area contributed by atoms with E-state index in [0.29, 0.717) is 0 Å². The number of benzene rings is 1. The molecule has 1 atom stereocenters. The summed E-state index contributed by atoms with van der Waals surface area (Å²) in [7, 11) is -4.15. The molecule has 1 saturated heterocycles. The van der Waals surface area contributed by atoms with Gasteiger partial charge in [-0.15, -0.1) is 0 Å². The van der Waals surface area contributed by atoms with Crippen LogP contribution in [-0.4, -0.2) is 49.6 Å². The van der Waals surface area contributed by atoms with E-state index >= 15 is 0 Å². The lowest BCUT2D eigenvalue weighted by Crippen LogP contribution is -2.49. The van der Waals surface area contributed by atoms with E-state index in [2.05, 4.69) is 0 Å². The van der Waals surface area contributed by atoms with Crippen molar-refractivity contribution < 1.29 is 27.4 Å². The highest BCUT2D eigenvalue weighted by Gasteiger charge is 2.36. The molecule has 0 saturated carbocycles. The molecule has 1 unspecified atom stereocenters. The summed E-state index contributed by atoms with van der Waals surface area (Å²) in [6.45, 7) is 0.0631. The molecule has 0 spiro atoms. The molecule has 6 nitrogen and oxygen atoms in total. The van der Waals surface area contributed by atoms with Crippen molar-refractivity contribution >= 4 is 27.6 Å². The lowest BCUT2D eigenvalue weighted by atomic mass is 10.2. The van der Waals surface area contributed by atoms with Crippen molar-refractivity contribution in [2.24, 2.45) is 0 Å². The third-order valence-corrected chi connectivity index (χ3v) is 5.28. The summed E-state index contributed by atoms with van der Waals surface area (Å²) in [5, 5.41) is 8.92. The zero-order valence-electron chi connectivity index (χ0n) is 10.8. The number of hydrogen-bond acceptors (Lipinski definition) is 4. The highest BCUT2D eigenvalue weighted by Crippen LogP contribution is 2.26. The summed E-state index contributed by atoms with van der Waals surface area (Å²) in [6.07, 6.45) is -0.408. The molecule has 0 radical (unpaired) electrons. The van der Waals surface area contributed by atoms with Crippen molar-refractivity contribution in [3.8, 4) is 0 Å². The molecule has 2 rings (SSSR count). The molecule has 1 N–H and O–H groups in total. The van der Waals surface area contributed by atoms with Crippen LogP contribution in [0.25, 0.3) is 0 Å². The molecule has 1 heterocycles. The smallest absolute Gasteiger partial charge is 0.305 e. The maximum absolute atomic E-state index is 13.9. The summed E-state index contributed by atoms with van der Waals surface area (Å²) in [5.41, 5.74) is 0. The van der Waals surface area contributed by atoms with Gasteiger partial charge in [0, 0.05) is 11.6 Å². The topological polar surface area (TPSA) is 83.9 Å². The van der Waals surface area contributed by atoms with Gasteiger partial charge < -0.3 is 9.84 Å². The van der Waals surface area contributed by atoms with Gasteiger partial charge in [-0.1, -0.05) is 11.6 Å². The first kappa shape index (κ1) is 16.2. The number of hydrogen-bond donors (Lipinski definition) is 1. The number of carboxylic acids is 1. The van der Waals surface area contributed by atoms with E-state index in [4.69, 9.17) is 21.4 Å². The minimum Gasteiger partial charge on any atom is -0.481 e. The second-order valence-electron chi connectivity index (χ2n) is 4.52. The van der Waals surface area contributed by atoms with Gasteiger partial charge in [0.1, 0.15) is 10.7 Å². The molecule has 1 fully saturated rings. The third kappa shape index (κ3) is 3.52. The minimum absolute atomic E-state index is 0.0254. The number of carbonyl (C=O) groups is 1. The fraction of sp³-hybridized carbons (Fsp3) is 0.417. The van der Waals surface area contributed by atoms with Crippen LogP contribution in [0.3, 0.4) is 0 Å². The molecule has 116 valence electrons. The Hall–Kier alpha value is -1.22. The number of halogens is 2. The number of morpholine rings is 1. The van der Waals surface area contributed by atoms with Crippen molar-refractivity contribution in [1.29, 1.82) is 0 Å². The first-order valence-electron chi connectivity index (χ1n) is 6.09. The van der Waals surface area contributed by atoms with Gasteiger partial charge >= 0.3 is 5.97 Å². The fourth-order valence-electron chi connectivity index (χ4n) is 2.13. The van der Waals surface area contributed by atoms with Gasteiger partial charge in [-0.25, -0.2) is 12.8 Å². The molecular weight excluding hydrogens is 325 g/mol. The number of nitrogens with zero attached hydrogens (tertiary/aromatic N) is 1. The molecule has 1 aliphatic heterocycles. The summed E-state index contributed by atoms with van der Waals surface area (Å²) in [5.74, 6) is -2.12. The molecule has 0 aliphatic carbocycles. The maximum atomic E-state index is 13.9. The molecule has 0 aromatic heterocycles. The average molecular weight is 338 g/mol. The van der Waals surface area contributed by atoms with Crippen LogP contribution in [0.1, 0.15) is 6.42 Å². The third-order valence-electron chi connectivity index (χ3n) is 3.06. The van der Waals surface area contributed by atoms with E-state index in [-0.39, 0.29) is 24.8 Å². The fourth-order valence-corrected chi connectivity index (χ4v) is 3.93. The lowest BCUT2D eigenvalue weighted by Gasteiger charge is -2.33. The van der Waals surface area contributed by atoms with Crippen LogP contribution in [0.15, 0.2) is 23.1 Å². The normalized spacial score (nSPS) is 20.4.